The minimum atomic E-state index is -3.53. The van der Waals surface area contributed by atoms with Crippen LogP contribution in [-0.4, -0.2) is 20.1 Å². The van der Waals surface area contributed by atoms with Crippen LogP contribution in [0.15, 0.2) is 52.0 Å². The second kappa shape index (κ2) is 6.21. The molecule has 1 heterocycles. The van der Waals surface area contributed by atoms with Gasteiger partial charge < -0.3 is 9.52 Å². The third-order valence-corrected chi connectivity index (χ3v) is 4.39. The van der Waals surface area contributed by atoms with E-state index >= 15 is 0 Å². The molecule has 1 unspecified atom stereocenters. The molecule has 2 aromatic rings. The number of aliphatic hydroxyl groups excluding tert-OH is 1. The zero-order valence-electron chi connectivity index (χ0n) is 11.1. The van der Waals surface area contributed by atoms with Crippen molar-refractivity contribution in [1.82, 2.24) is 4.72 Å². The molecule has 1 aromatic heterocycles. The summed E-state index contributed by atoms with van der Waals surface area (Å²) in [5.41, 5.74) is 0.680. The van der Waals surface area contributed by atoms with Gasteiger partial charge in [0.05, 0.1) is 17.3 Å². The Hall–Kier alpha value is -1.63. The quantitative estimate of drug-likeness (QED) is 0.852. The van der Waals surface area contributed by atoms with Crippen molar-refractivity contribution >= 4 is 10.0 Å². The standard InChI is InChI=1S/C14H17NO4S/c1-11(16)12-4-6-14(7-5-12)20(17,18)15-9-8-13-3-2-10-19-13/h2-7,10-11,15-16H,8-9H2,1H3. The predicted octanol–water partition coefficient (Wildman–Crippen LogP) is 1.85. The monoisotopic (exact) mass is 295 g/mol. The number of nitrogens with one attached hydrogen (secondary N) is 1. The summed E-state index contributed by atoms with van der Waals surface area (Å²) in [4.78, 5) is 0.182. The Morgan fingerprint density at radius 1 is 1.25 bits per heavy atom. The molecule has 6 heteroatoms. The first-order valence-corrected chi connectivity index (χ1v) is 7.77. The molecule has 1 aromatic carbocycles. The SMILES string of the molecule is CC(O)c1ccc(S(=O)(=O)NCCc2ccco2)cc1. The fraction of sp³-hybridized carbons (Fsp3) is 0.286. The fourth-order valence-electron chi connectivity index (χ4n) is 1.77. The highest BCUT2D eigenvalue weighted by Crippen LogP contribution is 2.15. The zero-order chi connectivity index (χ0) is 14.6. The number of aliphatic hydroxyl groups is 1. The van der Waals surface area contributed by atoms with Gasteiger partial charge in [-0.15, -0.1) is 0 Å². The summed E-state index contributed by atoms with van der Waals surface area (Å²) in [7, 11) is -3.53. The molecular formula is C14H17NO4S. The lowest BCUT2D eigenvalue weighted by Crippen LogP contribution is -2.25. The number of hydrogen-bond acceptors (Lipinski definition) is 4. The molecule has 0 saturated heterocycles. The maximum Gasteiger partial charge on any atom is 0.240 e. The topological polar surface area (TPSA) is 79.5 Å². The van der Waals surface area contributed by atoms with E-state index in [1.54, 1.807) is 37.5 Å². The molecule has 0 bridgehead atoms. The van der Waals surface area contributed by atoms with Gasteiger partial charge in [0.1, 0.15) is 5.76 Å². The molecule has 0 fully saturated rings. The van der Waals surface area contributed by atoms with E-state index in [4.69, 9.17) is 4.42 Å². The maximum atomic E-state index is 12.0. The highest BCUT2D eigenvalue weighted by Gasteiger charge is 2.14. The maximum absolute atomic E-state index is 12.0. The lowest BCUT2D eigenvalue weighted by Gasteiger charge is -2.08. The van der Waals surface area contributed by atoms with Gasteiger partial charge in [0.25, 0.3) is 0 Å². The van der Waals surface area contributed by atoms with E-state index in [2.05, 4.69) is 4.72 Å². The highest BCUT2D eigenvalue weighted by atomic mass is 32.2. The van der Waals surface area contributed by atoms with Crippen LogP contribution < -0.4 is 4.72 Å². The average Bonchev–Trinajstić information content (AvgIpc) is 2.92. The van der Waals surface area contributed by atoms with Gasteiger partial charge in [-0.1, -0.05) is 12.1 Å². The van der Waals surface area contributed by atoms with Crippen LogP contribution in [0, 0.1) is 0 Å². The van der Waals surface area contributed by atoms with E-state index in [1.807, 2.05) is 0 Å². The first kappa shape index (κ1) is 14.8. The lowest BCUT2D eigenvalue weighted by molar-refractivity contribution is 0.199. The van der Waals surface area contributed by atoms with E-state index in [1.165, 1.54) is 12.1 Å². The average molecular weight is 295 g/mol. The Kier molecular flexibility index (Phi) is 4.59. The molecule has 0 aliphatic carbocycles. The lowest BCUT2D eigenvalue weighted by atomic mass is 10.1. The van der Waals surface area contributed by atoms with Crippen molar-refractivity contribution in [1.29, 1.82) is 0 Å². The Balaban J connectivity index is 1.99. The molecule has 0 saturated carbocycles. The molecule has 0 aliphatic rings. The molecule has 1 atom stereocenters. The number of sulfonamides is 1. The molecule has 2 N–H and O–H groups in total. The molecule has 0 aliphatic heterocycles. The van der Waals surface area contributed by atoms with E-state index in [9.17, 15) is 13.5 Å². The Morgan fingerprint density at radius 3 is 2.50 bits per heavy atom. The van der Waals surface area contributed by atoms with Crippen LogP contribution in [0.1, 0.15) is 24.4 Å². The van der Waals surface area contributed by atoms with E-state index in [-0.39, 0.29) is 11.4 Å². The largest absolute Gasteiger partial charge is 0.469 e. The van der Waals surface area contributed by atoms with Gasteiger partial charge in [0.15, 0.2) is 0 Å². The van der Waals surface area contributed by atoms with Gasteiger partial charge in [0, 0.05) is 13.0 Å². The van der Waals surface area contributed by atoms with Crippen LogP contribution in [0.4, 0.5) is 0 Å². The molecule has 2 rings (SSSR count). The molecule has 108 valence electrons. The highest BCUT2D eigenvalue weighted by molar-refractivity contribution is 7.89. The van der Waals surface area contributed by atoms with E-state index in [0.717, 1.165) is 5.76 Å². The van der Waals surface area contributed by atoms with Crippen LogP contribution in [0.5, 0.6) is 0 Å². The zero-order valence-corrected chi connectivity index (χ0v) is 11.9. The van der Waals surface area contributed by atoms with Gasteiger partial charge >= 0.3 is 0 Å². The number of benzene rings is 1. The first-order chi connectivity index (χ1) is 9.49. The summed E-state index contributed by atoms with van der Waals surface area (Å²) in [5.74, 6) is 0.733. The van der Waals surface area contributed by atoms with Gasteiger partial charge in [0.2, 0.25) is 10.0 Å². The normalized spacial score (nSPS) is 13.3. The second-order valence-electron chi connectivity index (χ2n) is 4.47. The summed E-state index contributed by atoms with van der Waals surface area (Å²) in [6.07, 6.45) is 1.44. The van der Waals surface area contributed by atoms with Crippen molar-refractivity contribution < 1.29 is 17.9 Å². The van der Waals surface area contributed by atoms with Crippen LogP contribution in [0.3, 0.4) is 0 Å². The number of rotatable bonds is 6. The number of furan rings is 1. The van der Waals surface area contributed by atoms with E-state index < -0.39 is 16.1 Å². The van der Waals surface area contributed by atoms with Crippen molar-refractivity contribution in [2.45, 2.75) is 24.3 Å². The third-order valence-electron chi connectivity index (χ3n) is 2.92. The minimum absolute atomic E-state index is 0.182. The predicted molar refractivity (Wildman–Crippen MR) is 74.7 cm³/mol. The minimum Gasteiger partial charge on any atom is -0.469 e. The summed E-state index contributed by atoms with van der Waals surface area (Å²) >= 11 is 0. The fourth-order valence-corrected chi connectivity index (χ4v) is 2.80. The Morgan fingerprint density at radius 2 is 1.95 bits per heavy atom. The summed E-state index contributed by atoms with van der Waals surface area (Å²) in [6, 6.07) is 9.73. The van der Waals surface area contributed by atoms with Crippen molar-refractivity contribution in [3.05, 3.63) is 54.0 Å². The van der Waals surface area contributed by atoms with Gasteiger partial charge in [-0.2, -0.15) is 0 Å². The molecule has 0 amide bonds. The Labute approximate surface area is 118 Å². The van der Waals surface area contributed by atoms with Gasteiger partial charge in [-0.3, -0.25) is 0 Å². The van der Waals surface area contributed by atoms with E-state index in [0.29, 0.717) is 12.0 Å². The van der Waals surface area contributed by atoms with Crippen molar-refractivity contribution in [2.75, 3.05) is 6.54 Å². The summed E-state index contributed by atoms with van der Waals surface area (Å²) in [5, 5.41) is 9.39. The molecule has 20 heavy (non-hydrogen) atoms. The van der Waals surface area contributed by atoms with Crippen molar-refractivity contribution in [3.63, 3.8) is 0 Å². The second-order valence-corrected chi connectivity index (χ2v) is 6.24. The Bertz CT molecular complexity index is 630. The first-order valence-electron chi connectivity index (χ1n) is 6.29. The molecule has 5 nitrogen and oxygen atoms in total. The molecule has 0 radical (unpaired) electrons. The summed E-state index contributed by atoms with van der Waals surface area (Å²) in [6.45, 7) is 1.90. The smallest absolute Gasteiger partial charge is 0.240 e. The third kappa shape index (κ3) is 3.69. The van der Waals surface area contributed by atoms with Crippen molar-refractivity contribution in [2.24, 2.45) is 0 Å². The summed E-state index contributed by atoms with van der Waals surface area (Å²) < 4.78 is 31.7. The van der Waals surface area contributed by atoms with Gasteiger partial charge in [-0.25, -0.2) is 13.1 Å². The number of hydrogen-bond donors (Lipinski definition) is 2. The molecule has 0 spiro atoms. The van der Waals surface area contributed by atoms with Crippen LogP contribution in [0.25, 0.3) is 0 Å². The molecular weight excluding hydrogens is 278 g/mol. The van der Waals surface area contributed by atoms with Crippen molar-refractivity contribution in [3.8, 4) is 0 Å². The van der Waals surface area contributed by atoms with Crippen LogP contribution in [-0.2, 0) is 16.4 Å². The van der Waals surface area contributed by atoms with Crippen LogP contribution >= 0.6 is 0 Å². The van der Waals surface area contributed by atoms with Crippen LogP contribution in [0.2, 0.25) is 0 Å². The van der Waals surface area contributed by atoms with Gasteiger partial charge in [-0.05, 0) is 36.8 Å².